The molecule has 226 valence electrons. The summed E-state index contributed by atoms with van der Waals surface area (Å²) in [7, 11) is 0. The fourth-order valence-corrected chi connectivity index (χ4v) is 5.50. The second kappa shape index (κ2) is 13.1. The summed E-state index contributed by atoms with van der Waals surface area (Å²) < 4.78 is 7.73. The van der Waals surface area contributed by atoms with Crippen molar-refractivity contribution in [3.05, 3.63) is 154 Å². The maximum absolute atomic E-state index is 14.0. The van der Waals surface area contributed by atoms with Crippen molar-refractivity contribution in [1.29, 1.82) is 5.26 Å². The van der Waals surface area contributed by atoms with Gasteiger partial charge in [0.15, 0.2) is 0 Å². The van der Waals surface area contributed by atoms with E-state index in [-0.39, 0.29) is 11.1 Å². The molecule has 7 nitrogen and oxygen atoms in total. The molecule has 0 bridgehead atoms. The molecular weight excluding hydrogens is 596 g/mol. The molecule has 5 aromatic rings. The van der Waals surface area contributed by atoms with Crippen molar-refractivity contribution < 1.29 is 14.3 Å². The summed E-state index contributed by atoms with van der Waals surface area (Å²) in [6, 6.07) is 35.5. The molecule has 1 aliphatic rings. The minimum absolute atomic E-state index is 0.0622. The van der Waals surface area contributed by atoms with E-state index in [2.05, 4.69) is 0 Å². The van der Waals surface area contributed by atoms with Crippen LogP contribution in [0.4, 0.5) is 0 Å². The number of nitrogens with zero attached hydrogens (tertiary/aromatic N) is 4. The quantitative estimate of drug-likeness (QED) is 0.128. The number of amides is 2. The van der Waals surface area contributed by atoms with Gasteiger partial charge in [-0.15, -0.1) is 0 Å². The average Bonchev–Trinajstić information content (AvgIpc) is 3.51. The first-order valence-electron chi connectivity index (χ1n) is 14.7. The van der Waals surface area contributed by atoms with Crippen molar-refractivity contribution >= 4 is 29.5 Å². The van der Waals surface area contributed by atoms with E-state index >= 15 is 0 Å². The second-order valence-corrected chi connectivity index (χ2v) is 11.3. The van der Waals surface area contributed by atoms with E-state index in [9.17, 15) is 14.9 Å². The Morgan fingerprint density at radius 3 is 2.20 bits per heavy atom. The number of benzene rings is 4. The van der Waals surface area contributed by atoms with Crippen LogP contribution in [0.25, 0.3) is 23.0 Å². The van der Waals surface area contributed by atoms with Crippen LogP contribution in [-0.4, -0.2) is 26.5 Å². The summed E-state index contributed by atoms with van der Waals surface area (Å²) in [4.78, 5) is 28.6. The molecule has 0 spiro atoms. The molecule has 1 atom stereocenters. The Bertz CT molecular complexity index is 2010. The van der Waals surface area contributed by atoms with Gasteiger partial charge in [-0.25, -0.2) is 4.68 Å². The Balaban J connectivity index is 1.39. The SMILES string of the molecule is CC1=C(C#N)C(=O)N(C(C)c2ccccc2)C(=O)/C1=C/c1cn(-c2ccccc2)nc1-c1ccc(OCc2ccc(Cl)cc2)cc1. The van der Waals surface area contributed by atoms with Gasteiger partial charge in [0, 0.05) is 27.9 Å². The van der Waals surface area contributed by atoms with Crippen LogP contribution in [0.3, 0.4) is 0 Å². The molecule has 1 aromatic heterocycles. The molecule has 2 heterocycles. The Morgan fingerprint density at radius 1 is 0.891 bits per heavy atom. The number of hydrogen-bond acceptors (Lipinski definition) is 5. The molecule has 0 fully saturated rings. The van der Waals surface area contributed by atoms with E-state index < -0.39 is 17.9 Å². The first kappa shape index (κ1) is 30.3. The van der Waals surface area contributed by atoms with Gasteiger partial charge in [-0.3, -0.25) is 14.5 Å². The highest BCUT2D eigenvalue weighted by Crippen LogP contribution is 2.35. The predicted octanol–water partition coefficient (Wildman–Crippen LogP) is 8.13. The van der Waals surface area contributed by atoms with Crippen molar-refractivity contribution in [3.63, 3.8) is 0 Å². The zero-order chi connectivity index (χ0) is 32.2. The number of ether oxygens (including phenoxy) is 1. The van der Waals surface area contributed by atoms with Crippen molar-refractivity contribution in [3.8, 4) is 28.8 Å². The van der Waals surface area contributed by atoms with Crippen molar-refractivity contribution in [2.75, 3.05) is 0 Å². The largest absolute Gasteiger partial charge is 0.489 e. The van der Waals surface area contributed by atoms with Crippen LogP contribution in [0.5, 0.6) is 5.75 Å². The lowest BCUT2D eigenvalue weighted by atomic mass is 9.91. The number of para-hydroxylation sites is 1. The van der Waals surface area contributed by atoms with Gasteiger partial charge in [0.25, 0.3) is 11.8 Å². The molecule has 0 N–H and O–H groups in total. The van der Waals surface area contributed by atoms with Gasteiger partial charge in [0.2, 0.25) is 0 Å². The van der Waals surface area contributed by atoms with Crippen molar-refractivity contribution in [1.82, 2.24) is 14.7 Å². The number of halogens is 1. The van der Waals surface area contributed by atoms with Gasteiger partial charge in [-0.2, -0.15) is 10.4 Å². The maximum Gasteiger partial charge on any atom is 0.272 e. The lowest BCUT2D eigenvalue weighted by Crippen LogP contribution is -2.44. The molecule has 8 heteroatoms. The van der Waals surface area contributed by atoms with E-state index in [0.717, 1.165) is 22.4 Å². The zero-order valence-corrected chi connectivity index (χ0v) is 26.0. The Morgan fingerprint density at radius 2 is 1.54 bits per heavy atom. The van der Waals surface area contributed by atoms with Gasteiger partial charge in [-0.1, -0.05) is 72.3 Å². The third-order valence-corrected chi connectivity index (χ3v) is 8.20. The summed E-state index contributed by atoms with van der Waals surface area (Å²) >= 11 is 6.00. The number of carbonyl (C=O) groups is 2. The van der Waals surface area contributed by atoms with Crippen LogP contribution in [-0.2, 0) is 16.2 Å². The fraction of sp³-hybridized carbons (Fsp3) is 0.105. The summed E-state index contributed by atoms with van der Waals surface area (Å²) in [5.41, 5.74) is 5.23. The minimum atomic E-state index is -0.604. The van der Waals surface area contributed by atoms with E-state index in [4.69, 9.17) is 21.4 Å². The molecule has 0 aliphatic carbocycles. The first-order chi connectivity index (χ1) is 22.3. The average molecular weight is 625 g/mol. The van der Waals surface area contributed by atoms with Gasteiger partial charge in [0.1, 0.15) is 24.0 Å². The second-order valence-electron chi connectivity index (χ2n) is 10.9. The van der Waals surface area contributed by atoms with Crippen LogP contribution in [0.1, 0.15) is 36.6 Å². The lowest BCUT2D eigenvalue weighted by molar-refractivity contribution is -0.143. The van der Waals surface area contributed by atoms with E-state index in [1.165, 1.54) is 4.90 Å². The maximum atomic E-state index is 14.0. The summed E-state index contributed by atoms with van der Waals surface area (Å²) in [5, 5.41) is 15.6. The Kier molecular flexibility index (Phi) is 8.64. The van der Waals surface area contributed by atoms with Gasteiger partial charge < -0.3 is 4.74 Å². The predicted molar refractivity (Wildman–Crippen MR) is 178 cm³/mol. The monoisotopic (exact) mass is 624 g/mol. The van der Waals surface area contributed by atoms with Crippen LogP contribution >= 0.6 is 11.6 Å². The molecule has 46 heavy (non-hydrogen) atoms. The molecule has 0 radical (unpaired) electrons. The molecule has 6 rings (SSSR count). The molecule has 0 saturated heterocycles. The lowest BCUT2D eigenvalue weighted by Gasteiger charge is -2.32. The standard InChI is InChI=1S/C38H29ClN4O3/c1-25-34(37(44)43(38(45)35(25)22-40)26(2)28-9-5-3-6-10-28)21-30-23-42(32-11-7-4-8-12-32)41-36(30)29-15-19-33(20-16-29)46-24-27-13-17-31(39)18-14-27/h3-21,23,26H,24H2,1-2H3/b34-21+. The van der Waals surface area contributed by atoms with Crippen LogP contribution in [0, 0.1) is 11.3 Å². The summed E-state index contributed by atoms with van der Waals surface area (Å²) in [5.74, 6) is -0.389. The first-order valence-corrected chi connectivity index (χ1v) is 15.1. The smallest absolute Gasteiger partial charge is 0.272 e. The molecular formula is C38H29ClN4O3. The Labute approximate surface area is 272 Å². The van der Waals surface area contributed by atoms with Crippen molar-refractivity contribution in [2.24, 2.45) is 0 Å². The van der Waals surface area contributed by atoms with Crippen molar-refractivity contribution in [2.45, 2.75) is 26.5 Å². The molecule has 4 aromatic carbocycles. The normalized spacial score (nSPS) is 14.8. The van der Waals surface area contributed by atoms with E-state index in [1.54, 1.807) is 24.6 Å². The van der Waals surface area contributed by atoms with Crippen LogP contribution < -0.4 is 4.74 Å². The highest BCUT2D eigenvalue weighted by molar-refractivity contribution is 6.30. The number of hydrogen-bond donors (Lipinski definition) is 0. The molecule has 1 aliphatic heterocycles. The van der Waals surface area contributed by atoms with Crippen LogP contribution in [0.2, 0.25) is 5.02 Å². The fourth-order valence-electron chi connectivity index (χ4n) is 5.37. The van der Waals surface area contributed by atoms with E-state index in [1.807, 2.05) is 121 Å². The number of carbonyl (C=O) groups excluding carboxylic acids is 2. The summed E-state index contributed by atoms with van der Waals surface area (Å²) in [6.07, 6.45) is 3.56. The third-order valence-electron chi connectivity index (χ3n) is 7.95. The number of rotatable bonds is 8. The number of imide groups is 1. The molecule has 1 unspecified atom stereocenters. The topological polar surface area (TPSA) is 88.2 Å². The number of aromatic nitrogens is 2. The Hall–Kier alpha value is -5.71. The highest BCUT2D eigenvalue weighted by atomic mass is 35.5. The van der Waals surface area contributed by atoms with E-state index in [0.29, 0.717) is 34.2 Å². The number of nitriles is 1. The molecule has 0 saturated carbocycles. The summed E-state index contributed by atoms with van der Waals surface area (Å²) in [6.45, 7) is 3.81. The third kappa shape index (κ3) is 6.12. The zero-order valence-electron chi connectivity index (χ0n) is 25.2. The minimum Gasteiger partial charge on any atom is -0.489 e. The highest BCUT2D eigenvalue weighted by Gasteiger charge is 2.39. The van der Waals surface area contributed by atoms with Crippen LogP contribution in [0.15, 0.2) is 132 Å². The van der Waals surface area contributed by atoms with Gasteiger partial charge in [-0.05, 0) is 85.2 Å². The molecule has 2 amide bonds. The van der Waals surface area contributed by atoms with Gasteiger partial charge >= 0.3 is 0 Å². The van der Waals surface area contributed by atoms with Gasteiger partial charge in [0.05, 0.1) is 17.4 Å².